The Bertz CT molecular complexity index is 417. The monoisotopic (exact) mass is 353 g/mol. The molecular weight excluding hydrogens is 322 g/mol. The Balaban J connectivity index is 0.00000242. The van der Waals surface area contributed by atoms with E-state index in [9.17, 15) is 8.42 Å². The maximum atomic E-state index is 13.1. The quantitative estimate of drug-likeness (QED) is 0.823. The summed E-state index contributed by atoms with van der Waals surface area (Å²) < 4.78 is 29.7. The number of nitrogens with zero attached hydrogens (tertiary/aromatic N) is 2. The fourth-order valence-electron chi connectivity index (χ4n) is 3.74. The van der Waals surface area contributed by atoms with Gasteiger partial charge in [-0.15, -0.1) is 12.4 Å². The molecule has 132 valence electrons. The zero-order chi connectivity index (χ0) is 15.5. The maximum Gasteiger partial charge on any atom is 0.282 e. The summed E-state index contributed by atoms with van der Waals surface area (Å²) in [4.78, 5) is 0. The van der Waals surface area contributed by atoms with Crippen molar-refractivity contribution >= 4 is 22.6 Å². The second-order valence-corrected chi connectivity index (χ2v) is 8.74. The van der Waals surface area contributed by atoms with Crippen molar-refractivity contribution in [3.05, 3.63) is 0 Å². The number of halogens is 1. The van der Waals surface area contributed by atoms with Crippen LogP contribution in [0.3, 0.4) is 0 Å². The fourth-order valence-corrected chi connectivity index (χ4v) is 5.93. The zero-order valence-electron chi connectivity index (χ0n) is 14.1. The Labute approximate surface area is 142 Å². The van der Waals surface area contributed by atoms with Crippen LogP contribution >= 0.6 is 12.4 Å². The molecule has 2 fully saturated rings. The Morgan fingerprint density at radius 3 is 2.18 bits per heavy atom. The van der Waals surface area contributed by atoms with Crippen molar-refractivity contribution in [3.63, 3.8) is 0 Å². The standard InChI is InChI=1S/C15H31N3O2S.ClH/c1-4-9-18(15-5-7-16-8-6-15)21(19,20)17-11-13(2)10-14(3)12-17;/h13-16H,4-12H2,1-3H3;1H. The Morgan fingerprint density at radius 1 is 1.14 bits per heavy atom. The summed E-state index contributed by atoms with van der Waals surface area (Å²) in [5.74, 6) is 0.917. The lowest BCUT2D eigenvalue weighted by Gasteiger charge is -2.40. The lowest BCUT2D eigenvalue weighted by molar-refractivity contribution is 0.190. The minimum atomic E-state index is -3.31. The molecule has 2 rings (SSSR count). The smallest absolute Gasteiger partial charge is 0.282 e. The van der Waals surface area contributed by atoms with Crippen LogP contribution in [0.25, 0.3) is 0 Å². The highest BCUT2D eigenvalue weighted by molar-refractivity contribution is 7.86. The van der Waals surface area contributed by atoms with Gasteiger partial charge in [0.1, 0.15) is 0 Å². The molecule has 0 bridgehead atoms. The summed E-state index contributed by atoms with van der Waals surface area (Å²) in [5.41, 5.74) is 0. The van der Waals surface area contributed by atoms with Gasteiger partial charge >= 0.3 is 0 Å². The second kappa shape index (κ2) is 8.83. The number of nitrogens with one attached hydrogen (secondary N) is 1. The molecule has 5 nitrogen and oxygen atoms in total. The first-order chi connectivity index (χ1) is 9.95. The first kappa shape index (κ1) is 20.2. The minimum absolute atomic E-state index is 0. The van der Waals surface area contributed by atoms with Crippen molar-refractivity contribution in [2.75, 3.05) is 32.7 Å². The molecule has 2 atom stereocenters. The van der Waals surface area contributed by atoms with Crippen molar-refractivity contribution < 1.29 is 8.42 Å². The molecule has 2 heterocycles. The van der Waals surface area contributed by atoms with E-state index in [2.05, 4.69) is 26.1 Å². The molecule has 0 spiro atoms. The summed E-state index contributed by atoms with van der Waals surface area (Å²) >= 11 is 0. The van der Waals surface area contributed by atoms with Crippen molar-refractivity contribution in [1.82, 2.24) is 13.9 Å². The minimum Gasteiger partial charge on any atom is -0.317 e. The van der Waals surface area contributed by atoms with Crippen LogP contribution in [-0.4, -0.2) is 55.8 Å². The van der Waals surface area contributed by atoms with Crippen LogP contribution in [0.1, 0.15) is 46.5 Å². The molecule has 7 heteroatoms. The van der Waals surface area contributed by atoms with Gasteiger partial charge in [-0.25, -0.2) is 0 Å². The SMILES string of the molecule is CCCN(C1CCNCC1)S(=O)(=O)N1CC(C)CC(C)C1.Cl. The molecule has 2 saturated heterocycles. The molecule has 0 aliphatic carbocycles. The molecule has 0 aromatic heterocycles. The fraction of sp³-hybridized carbons (Fsp3) is 1.00. The van der Waals surface area contributed by atoms with Gasteiger partial charge < -0.3 is 5.32 Å². The highest BCUT2D eigenvalue weighted by Gasteiger charge is 2.37. The third-order valence-electron chi connectivity index (χ3n) is 4.62. The van der Waals surface area contributed by atoms with Crippen molar-refractivity contribution in [2.24, 2.45) is 11.8 Å². The van der Waals surface area contributed by atoms with E-state index in [1.54, 1.807) is 8.61 Å². The van der Waals surface area contributed by atoms with Gasteiger partial charge in [0.15, 0.2) is 0 Å². The van der Waals surface area contributed by atoms with E-state index in [4.69, 9.17) is 0 Å². The van der Waals surface area contributed by atoms with Gasteiger partial charge in [0, 0.05) is 25.7 Å². The average molecular weight is 354 g/mol. The molecule has 0 aromatic rings. The Hall–Kier alpha value is 0.120. The third kappa shape index (κ3) is 4.81. The van der Waals surface area contributed by atoms with E-state index < -0.39 is 10.2 Å². The van der Waals surface area contributed by atoms with Crippen LogP contribution in [0.15, 0.2) is 0 Å². The molecular formula is C15H32ClN3O2S. The van der Waals surface area contributed by atoms with E-state index in [1.165, 1.54) is 0 Å². The number of piperidine rings is 2. The topological polar surface area (TPSA) is 52.7 Å². The number of hydrogen-bond donors (Lipinski definition) is 1. The molecule has 1 N–H and O–H groups in total. The van der Waals surface area contributed by atoms with Crippen LogP contribution in [0, 0.1) is 11.8 Å². The highest BCUT2D eigenvalue weighted by atomic mass is 35.5. The molecule has 2 aliphatic rings. The number of hydrogen-bond acceptors (Lipinski definition) is 3. The lowest BCUT2D eigenvalue weighted by Crippen LogP contribution is -2.54. The van der Waals surface area contributed by atoms with Gasteiger partial charge in [-0.1, -0.05) is 20.8 Å². The third-order valence-corrected chi connectivity index (χ3v) is 6.64. The van der Waals surface area contributed by atoms with Crippen LogP contribution in [0.5, 0.6) is 0 Å². The van der Waals surface area contributed by atoms with Crippen molar-refractivity contribution in [3.8, 4) is 0 Å². The second-order valence-electron chi connectivity index (χ2n) is 6.86. The number of rotatable bonds is 5. The Morgan fingerprint density at radius 2 is 1.68 bits per heavy atom. The van der Waals surface area contributed by atoms with E-state index in [-0.39, 0.29) is 18.4 Å². The average Bonchev–Trinajstić information content (AvgIpc) is 2.44. The largest absolute Gasteiger partial charge is 0.317 e. The summed E-state index contributed by atoms with van der Waals surface area (Å²) in [6.07, 6.45) is 3.87. The van der Waals surface area contributed by atoms with Gasteiger partial charge in [0.25, 0.3) is 10.2 Å². The zero-order valence-corrected chi connectivity index (χ0v) is 15.8. The normalized spacial score (nSPS) is 28.5. The first-order valence-electron chi connectivity index (χ1n) is 8.42. The van der Waals surface area contributed by atoms with Crippen LogP contribution < -0.4 is 5.32 Å². The molecule has 0 aromatic carbocycles. The molecule has 0 amide bonds. The van der Waals surface area contributed by atoms with E-state index >= 15 is 0 Å². The predicted octanol–water partition coefficient (Wildman–Crippen LogP) is 2.09. The van der Waals surface area contributed by atoms with Crippen molar-refractivity contribution in [1.29, 1.82) is 0 Å². The molecule has 2 aliphatic heterocycles. The summed E-state index contributed by atoms with van der Waals surface area (Å²) in [6, 6.07) is 0.170. The van der Waals surface area contributed by atoms with Crippen LogP contribution in [-0.2, 0) is 10.2 Å². The van der Waals surface area contributed by atoms with E-state index in [1.807, 2.05) is 0 Å². The molecule has 0 radical (unpaired) electrons. The van der Waals surface area contributed by atoms with Gasteiger partial charge in [-0.3, -0.25) is 0 Å². The van der Waals surface area contributed by atoms with Gasteiger partial charge in [0.05, 0.1) is 0 Å². The van der Waals surface area contributed by atoms with Gasteiger partial charge in [-0.2, -0.15) is 17.0 Å². The molecule has 0 saturated carbocycles. The summed E-state index contributed by atoms with van der Waals surface area (Å²) in [7, 11) is -3.31. The van der Waals surface area contributed by atoms with Crippen LogP contribution in [0.2, 0.25) is 0 Å². The maximum absolute atomic E-state index is 13.1. The lowest BCUT2D eigenvalue weighted by atomic mass is 9.94. The van der Waals surface area contributed by atoms with Crippen molar-refractivity contribution in [2.45, 2.75) is 52.5 Å². The van der Waals surface area contributed by atoms with Crippen LogP contribution in [0.4, 0.5) is 0 Å². The van der Waals surface area contributed by atoms with Gasteiger partial charge in [0.2, 0.25) is 0 Å². The highest BCUT2D eigenvalue weighted by Crippen LogP contribution is 2.27. The summed E-state index contributed by atoms with van der Waals surface area (Å²) in [5, 5.41) is 3.32. The molecule has 22 heavy (non-hydrogen) atoms. The predicted molar refractivity (Wildman–Crippen MR) is 93.6 cm³/mol. The van der Waals surface area contributed by atoms with E-state index in [0.29, 0.717) is 31.5 Å². The van der Waals surface area contributed by atoms with Gasteiger partial charge in [-0.05, 0) is 50.6 Å². The summed E-state index contributed by atoms with van der Waals surface area (Å²) in [6.45, 7) is 10.2. The molecule has 2 unspecified atom stereocenters. The Kier molecular flexibility index (Phi) is 8.09. The van der Waals surface area contributed by atoms with E-state index in [0.717, 1.165) is 38.8 Å². The first-order valence-corrected chi connectivity index (χ1v) is 9.82.